The third-order valence-corrected chi connectivity index (χ3v) is 3.70. The standard InChI is InChI=1S/C13H17N3O3S/c1-4-12-9(2)14-16(13(12)17)11-7-5-10(6-8-11)15-20(3,18)19/h5-8,12,15H,4H2,1-3H3. The molecule has 7 heteroatoms. The Labute approximate surface area is 118 Å². The molecule has 0 bridgehead atoms. The van der Waals surface area contributed by atoms with Gasteiger partial charge in [-0.25, -0.2) is 13.4 Å². The summed E-state index contributed by atoms with van der Waals surface area (Å²) < 4.78 is 24.6. The summed E-state index contributed by atoms with van der Waals surface area (Å²) in [6.45, 7) is 3.79. The van der Waals surface area contributed by atoms with Gasteiger partial charge in [-0.1, -0.05) is 6.92 Å². The van der Waals surface area contributed by atoms with Gasteiger partial charge in [-0.15, -0.1) is 0 Å². The van der Waals surface area contributed by atoms with Crippen molar-refractivity contribution >= 4 is 33.0 Å². The van der Waals surface area contributed by atoms with Gasteiger partial charge in [0.2, 0.25) is 10.0 Å². The monoisotopic (exact) mass is 295 g/mol. The van der Waals surface area contributed by atoms with Gasteiger partial charge in [0.15, 0.2) is 0 Å². The molecule has 0 aromatic heterocycles. The molecule has 20 heavy (non-hydrogen) atoms. The van der Waals surface area contributed by atoms with Crippen LogP contribution in [-0.2, 0) is 14.8 Å². The Morgan fingerprint density at radius 2 is 1.90 bits per heavy atom. The number of sulfonamides is 1. The van der Waals surface area contributed by atoms with Crippen LogP contribution in [0.2, 0.25) is 0 Å². The van der Waals surface area contributed by atoms with Crippen molar-refractivity contribution in [2.24, 2.45) is 11.0 Å². The zero-order valence-electron chi connectivity index (χ0n) is 11.6. The molecule has 1 heterocycles. The van der Waals surface area contributed by atoms with Crippen molar-refractivity contribution in [1.82, 2.24) is 0 Å². The average molecular weight is 295 g/mol. The first kappa shape index (κ1) is 14.5. The number of carbonyl (C=O) groups excluding carboxylic acids is 1. The molecule has 1 amide bonds. The maximum absolute atomic E-state index is 12.2. The van der Waals surface area contributed by atoms with Gasteiger partial charge in [-0.2, -0.15) is 5.10 Å². The fourth-order valence-electron chi connectivity index (χ4n) is 2.14. The van der Waals surface area contributed by atoms with Crippen molar-refractivity contribution in [3.8, 4) is 0 Å². The Morgan fingerprint density at radius 3 is 2.35 bits per heavy atom. The van der Waals surface area contributed by atoms with Crippen LogP contribution in [0.4, 0.5) is 11.4 Å². The molecule has 1 unspecified atom stereocenters. The second-order valence-electron chi connectivity index (χ2n) is 4.77. The molecule has 108 valence electrons. The van der Waals surface area contributed by atoms with E-state index >= 15 is 0 Å². The van der Waals surface area contributed by atoms with Gasteiger partial charge >= 0.3 is 0 Å². The van der Waals surface area contributed by atoms with Gasteiger partial charge in [0.25, 0.3) is 5.91 Å². The maximum atomic E-state index is 12.2. The molecular formula is C13H17N3O3S. The highest BCUT2D eigenvalue weighted by molar-refractivity contribution is 7.92. The van der Waals surface area contributed by atoms with Crippen LogP contribution < -0.4 is 9.73 Å². The first-order valence-electron chi connectivity index (χ1n) is 6.28. The Kier molecular flexibility index (Phi) is 3.80. The number of hydrogen-bond donors (Lipinski definition) is 1. The van der Waals surface area contributed by atoms with Crippen molar-refractivity contribution in [3.63, 3.8) is 0 Å². The Morgan fingerprint density at radius 1 is 1.30 bits per heavy atom. The summed E-state index contributed by atoms with van der Waals surface area (Å²) in [6.07, 6.45) is 1.81. The Bertz CT molecular complexity index is 650. The first-order valence-corrected chi connectivity index (χ1v) is 8.18. The molecule has 0 spiro atoms. The Hall–Kier alpha value is -1.89. The van der Waals surface area contributed by atoms with Gasteiger partial charge < -0.3 is 0 Å². The first-order chi connectivity index (χ1) is 9.31. The molecule has 0 saturated heterocycles. The van der Waals surface area contributed by atoms with E-state index in [0.717, 1.165) is 18.4 Å². The highest BCUT2D eigenvalue weighted by Gasteiger charge is 2.32. The van der Waals surface area contributed by atoms with E-state index in [4.69, 9.17) is 0 Å². The topological polar surface area (TPSA) is 78.8 Å². The second kappa shape index (κ2) is 5.24. The summed E-state index contributed by atoms with van der Waals surface area (Å²) in [6, 6.07) is 6.54. The van der Waals surface area contributed by atoms with Crippen molar-refractivity contribution in [3.05, 3.63) is 24.3 Å². The molecule has 1 atom stereocenters. The van der Waals surface area contributed by atoms with E-state index in [-0.39, 0.29) is 11.8 Å². The van der Waals surface area contributed by atoms with Crippen molar-refractivity contribution in [1.29, 1.82) is 0 Å². The number of nitrogens with one attached hydrogen (secondary N) is 1. The quantitative estimate of drug-likeness (QED) is 0.920. The lowest BCUT2D eigenvalue weighted by Crippen LogP contribution is -2.26. The number of hydrogen-bond acceptors (Lipinski definition) is 4. The lowest BCUT2D eigenvalue weighted by atomic mass is 10.0. The summed E-state index contributed by atoms with van der Waals surface area (Å²) in [7, 11) is -3.30. The van der Waals surface area contributed by atoms with Gasteiger partial charge in [0, 0.05) is 11.4 Å². The van der Waals surface area contributed by atoms with E-state index in [9.17, 15) is 13.2 Å². The van der Waals surface area contributed by atoms with Crippen LogP contribution in [-0.4, -0.2) is 26.3 Å². The minimum absolute atomic E-state index is 0.0474. The van der Waals surface area contributed by atoms with E-state index in [1.165, 1.54) is 5.01 Å². The third kappa shape index (κ3) is 2.98. The lowest BCUT2D eigenvalue weighted by molar-refractivity contribution is -0.119. The highest BCUT2D eigenvalue weighted by Crippen LogP contribution is 2.26. The highest BCUT2D eigenvalue weighted by atomic mass is 32.2. The number of anilines is 2. The van der Waals surface area contributed by atoms with Crippen LogP contribution >= 0.6 is 0 Å². The van der Waals surface area contributed by atoms with Gasteiger partial charge in [0.1, 0.15) is 0 Å². The van der Waals surface area contributed by atoms with Gasteiger partial charge in [-0.05, 0) is 37.6 Å². The number of benzene rings is 1. The molecule has 1 aliphatic heterocycles. The predicted molar refractivity (Wildman–Crippen MR) is 79.3 cm³/mol. The zero-order chi connectivity index (χ0) is 14.9. The second-order valence-corrected chi connectivity index (χ2v) is 6.52. The lowest BCUT2D eigenvalue weighted by Gasteiger charge is -2.14. The van der Waals surface area contributed by atoms with E-state index in [2.05, 4.69) is 9.82 Å². The fraction of sp³-hybridized carbons (Fsp3) is 0.385. The summed E-state index contributed by atoms with van der Waals surface area (Å²) in [5, 5.41) is 5.63. The minimum atomic E-state index is -3.30. The molecule has 1 aromatic rings. The molecule has 6 nitrogen and oxygen atoms in total. The summed E-state index contributed by atoms with van der Waals surface area (Å²) in [4.78, 5) is 12.2. The van der Waals surface area contributed by atoms with E-state index in [1.54, 1.807) is 24.3 Å². The molecule has 0 radical (unpaired) electrons. The molecule has 1 N–H and O–H groups in total. The number of amides is 1. The molecule has 0 saturated carbocycles. The van der Waals surface area contributed by atoms with Crippen molar-refractivity contribution in [2.75, 3.05) is 16.0 Å². The smallest absolute Gasteiger partial charge is 0.256 e. The fourth-order valence-corrected chi connectivity index (χ4v) is 2.71. The number of nitrogens with zero attached hydrogens (tertiary/aromatic N) is 2. The van der Waals surface area contributed by atoms with E-state index < -0.39 is 10.0 Å². The molecular weight excluding hydrogens is 278 g/mol. The molecule has 0 aliphatic carbocycles. The molecule has 2 rings (SSSR count). The summed E-state index contributed by atoms with van der Waals surface area (Å²) >= 11 is 0. The molecule has 1 aliphatic rings. The summed E-state index contributed by atoms with van der Waals surface area (Å²) in [5.41, 5.74) is 1.89. The van der Waals surface area contributed by atoms with Gasteiger partial charge in [-0.3, -0.25) is 9.52 Å². The van der Waals surface area contributed by atoms with Gasteiger partial charge in [0.05, 0.1) is 17.9 Å². The van der Waals surface area contributed by atoms with Crippen LogP contribution in [0.15, 0.2) is 29.4 Å². The third-order valence-electron chi connectivity index (χ3n) is 3.09. The maximum Gasteiger partial charge on any atom is 0.256 e. The molecule has 1 aromatic carbocycles. The van der Waals surface area contributed by atoms with Crippen molar-refractivity contribution in [2.45, 2.75) is 20.3 Å². The average Bonchev–Trinajstić information content (AvgIpc) is 2.63. The molecule has 0 fully saturated rings. The van der Waals surface area contributed by atoms with Crippen LogP contribution in [0.3, 0.4) is 0 Å². The van der Waals surface area contributed by atoms with Crippen molar-refractivity contribution < 1.29 is 13.2 Å². The van der Waals surface area contributed by atoms with Crippen LogP contribution in [0, 0.1) is 5.92 Å². The SMILES string of the molecule is CCC1C(=O)N(c2ccc(NS(C)(=O)=O)cc2)N=C1C. The van der Waals surface area contributed by atoms with Crippen LogP contribution in [0.1, 0.15) is 20.3 Å². The number of hydrazone groups is 1. The number of rotatable bonds is 4. The van der Waals surface area contributed by atoms with E-state index in [1.807, 2.05) is 13.8 Å². The zero-order valence-corrected chi connectivity index (χ0v) is 12.4. The van der Waals surface area contributed by atoms with Crippen LogP contribution in [0.5, 0.6) is 0 Å². The Balaban J connectivity index is 2.21. The van der Waals surface area contributed by atoms with Crippen LogP contribution in [0.25, 0.3) is 0 Å². The summed E-state index contributed by atoms with van der Waals surface area (Å²) in [5.74, 6) is -0.211. The predicted octanol–water partition coefficient (Wildman–Crippen LogP) is 1.81. The van der Waals surface area contributed by atoms with E-state index in [0.29, 0.717) is 11.4 Å². The number of carbonyl (C=O) groups is 1. The normalized spacial score (nSPS) is 19.1. The largest absolute Gasteiger partial charge is 0.284 e. The minimum Gasteiger partial charge on any atom is -0.284 e.